The number of carbonyl (C=O) groups is 1. The van der Waals surface area contributed by atoms with E-state index in [0.717, 1.165) is 11.3 Å². The third kappa shape index (κ3) is 2.41. The van der Waals surface area contributed by atoms with Crippen LogP contribution in [0.2, 0.25) is 0 Å². The van der Waals surface area contributed by atoms with Crippen LogP contribution in [0.25, 0.3) is 0 Å². The third-order valence-electron chi connectivity index (χ3n) is 2.28. The van der Waals surface area contributed by atoms with Gasteiger partial charge in [-0.05, 0) is 6.07 Å². The molecule has 0 atom stereocenters. The fraction of sp³-hybridized carbons (Fsp3) is 0.182. The molecule has 1 heterocycles. The Hall–Kier alpha value is -2.37. The molecule has 0 bridgehead atoms. The normalized spacial score (nSPS) is 10.2. The first-order chi connectivity index (χ1) is 8.20. The largest absolute Gasteiger partial charge is 0.496 e. The molecule has 6 heteroatoms. The van der Waals surface area contributed by atoms with Gasteiger partial charge in [0.1, 0.15) is 12.1 Å². The van der Waals surface area contributed by atoms with Crippen molar-refractivity contribution < 1.29 is 9.53 Å². The van der Waals surface area contributed by atoms with Crippen molar-refractivity contribution in [1.82, 2.24) is 14.8 Å². The maximum atomic E-state index is 10.8. The first-order valence-electron chi connectivity index (χ1n) is 5.02. The highest BCUT2D eigenvalue weighted by Gasteiger charge is 2.08. The van der Waals surface area contributed by atoms with E-state index < -0.39 is 5.91 Å². The van der Waals surface area contributed by atoms with Crippen LogP contribution in [0, 0.1) is 0 Å². The Kier molecular flexibility index (Phi) is 3.04. The number of hydrogen-bond donors (Lipinski definition) is 1. The molecule has 0 aliphatic carbocycles. The molecule has 88 valence electrons. The van der Waals surface area contributed by atoms with Gasteiger partial charge in [0.25, 0.3) is 5.91 Å². The average Bonchev–Trinajstić information content (AvgIpc) is 2.78. The molecular weight excluding hydrogens is 220 g/mol. The molecule has 0 radical (unpaired) electrons. The van der Waals surface area contributed by atoms with Crippen molar-refractivity contribution >= 4 is 5.91 Å². The Labute approximate surface area is 98.0 Å². The predicted molar refractivity (Wildman–Crippen MR) is 60.6 cm³/mol. The summed E-state index contributed by atoms with van der Waals surface area (Å²) in [6, 6.07) is 7.58. The standard InChI is InChI=1S/C11H12N4O2/c1-17-9-5-3-2-4-8(9)6-15-7-13-11(14-15)10(12)16/h2-5,7H,6H2,1H3,(H2,12,16). The molecule has 2 rings (SSSR count). The van der Waals surface area contributed by atoms with E-state index in [0.29, 0.717) is 6.54 Å². The van der Waals surface area contributed by atoms with E-state index in [-0.39, 0.29) is 5.82 Å². The molecule has 0 aliphatic heterocycles. The Bertz CT molecular complexity index is 536. The number of amides is 1. The lowest BCUT2D eigenvalue weighted by molar-refractivity contribution is 0.0990. The number of benzene rings is 1. The molecule has 17 heavy (non-hydrogen) atoms. The zero-order chi connectivity index (χ0) is 12.3. The van der Waals surface area contributed by atoms with Crippen LogP contribution in [0.3, 0.4) is 0 Å². The minimum Gasteiger partial charge on any atom is -0.496 e. The fourth-order valence-electron chi connectivity index (χ4n) is 1.49. The molecule has 0 saturated heterocycles. The zero-order valence-electron chi connectivity index (χ0n) is 9.33. The number of aromatic nitrogens is 3. The molecule has 2 N–H and O–H groups in total. The van der Waals surface area contributed by atoms with Gasteiger partial charge >= 0.3 is 0 Å². The summed E-state index contributed by atoms with van der Waals surface area (Å²) >= 11 is 0. The fourth-order valence-corrected chi connectivity index (χ4v) is 1.49. The second-order valence-electron chi connectivity index (χ2n) is 3.44. The number of nitrogens with zero attached hydrogens (tertiary/aromatic N) is 3. The van der Waals surface area contributed by atoms with E-state index >= 15 is 0 Å². The maximum absolute atomic E-state index is 10.8. The zero-order valence-corrected chi connectivity index (χ0v) is 9.33. The molecule has 0 unspecified atom stereocenters. The highest BCUT2D eigenvalue weighted by atomic mass is 16.5. The Morgan fingerprint density at radius 3 is 2.88 bits per heavy atom. The second-order valence-corrected chi connectivity index (χ2v) is 3.44. The lowest BCUT2D eigenvalue weighted by atomic mass is 10.2. The van der Waals surface area contributed by atoms with Gasteiger partial charge in [0, 0.05) is 5.56 Å². The second kappa shape index (κ2) is 4.65. The minimum atomic E-state index is -0.635. The van der Waals surface area contributed by atoms with Crippen LogP contribution >= 0.6 is 0 Å². The molecule has 0 fully saturated rings. The smallest absolute Gasteiger partial charge is 0.288 e. The molecular formula is C11H12N4O2. The van der Waals surface area contributed by atoms with E-state index in [1.807, 2.05) is 24.3 Å². The highest BCUT2D eigenvalue weighted by molar-refractivity contribution is 5.88. The first kappa shape index (κ1) is 11.1. The summed E-state index contributed by atoms with van der Waals surface area (Å²) in [4.78, 5) is 14.7. The van der Waals surface area contributed by atoms with Crippen LogP contribution in [0.15, 0.2) is 30.6 Å². The van der Waals surface area contributed by atoms with Crippen molar-refractivity contribution in [1.29, 1.82) is 0 Å². The Balaban J connectivity index is 2.22. The van der Waals surface area contributed by atoms with Crippen molar-refractivity contribution in [2.45, 2.75) is 6.54 Å². The van der Waals surface area contributed by atoms with Crippen molar-refractivity contribution in [3.8, 4) is 5.75 Å². The van der Waals surface area contributed by atoms with Gasteiger partial charge in [0.05, 0.1) is 13.7 Å². The van der Waals surface area contributed by atoms with Gasteiger partial charge in [-0.2, -0.15) is 0 Å². The van der Waals surface area contributed by atoms with Crippen LogP contribution in [-0.4, -0.2) is 27.8 Å². The van der Waals surface area contributed by atoms with Gasteiger partial charge in [-0.25, -0.2) is 9.67 Å². The van der Waals surface area contributed by atoms with Crippen LogP contribution in [0.4, 0.5) is 0 Å². The quantitative estimate of drug-likeness (QED) is 0.828. The molecule has 0 saturated carbocycles. The molecule has 1 aromatic heterocycles. The summed E-state index contributed by atoms with van der Waals surface area (Å²) < 4.78 is 6.76. The number of rotatable bonds is 4. The number of primary amides is 1. The topological polar surface area (TPSA) is 83.0 Å². The first-order valence-corrected chi connectivity index (χ1v) is 5.02. The van der Waals surface area contributed by atoms with Gasteiger partial charge < -0.3 is 10.5 Å². The number of hydrogen-bond acceptors (Lipinski definition) is 4. The number of methoxy groups -OCH3 is 1. The predicted octanol–water partition coefficient (Wildman–Crippen LogP) is 0.434. The number of nitrogens with two attached hydrogens (primary N) is 1. The Morgan fingerprint density at radius 1 is 1.47 bits per heavy atom. The van der Waals surface area contributed by atoms with E-state index in [2.05, 4.69) is 10.1 Å². The number of ether oxygens (including phenoxy) is 1. The van der Waals surface area contributed by atoms with Crippen molar-refractivity contribution in [2.75, 3.05) is 7.11 Å². The molecule has 1 amide bonds. The van der Waals surface area contributed by atoms with E-state index in [1.54, 1.807) is 7.11 Å². The van der Waals surface area contributed by atoms with E-state index in [1.165, 1.54) is 11.0 Å². The van der Waals surface area contributed by atoms with Crippen molar-refractivity contribution in [2.24, 2.45) is 5.73 Å². The van der Waals surface area contributed by atoms with Gasteiger partial charge in [0.2, 0.25) is 5.82 Å². The summed E-state index contributed by atoms with van der Waals surface area (Å²) in [5.41, 5.74) is 6.03. The minimum absolute atomic E-state index is 0.0138. The van der Waals surface area contributed by atoms with Crippen LogP contribution < -0.4 is 10.5 Å². The average molecular weight is 232 g/mol. The van der Waals surface area contributed by atoms with Crippen LogP contribution in [0.1, 0.15) is 16.2 Å². The van der Waals surface area contributed by atoms with Crippen molar-refractivity contribution in [3.05, 3.63) is 42.0 Å². The Morgan fingerprint density at radius 2 is 2.24 bits per heavy atom. The maximum Gasteiger partial charge on any atom is 0.288 e. The molecule has 1 aromatic carbocycles. The summed E-state index contributed by atoms with van der Waals surface area (Å²) in [6.07, 6.45) is 1.46. The summed E-state index contributed by atoms with van der Waals surface area (Å²) in [5.74, 6) is 0.146. The summed E-state index contributed by atoms with van der Waals surface area (Å²) in [5, 5.41) is 3.96. The lowest BCUT2D eigenvalue weighted by Crippen LogP contribution is -2.14. The van der Waals surface area contributed by atoms with Gasteiger partial charge in [-0.15, -0.1) is 5.10 Å². The van der Waals surface area contributed by atoms with Gasteiger partial charge in [-0.1, -0.05) is 18.2 Å². The molecule has 6 nitrogen and oxygen atoms in total. The highest BCUT2D eigenvalue weighted by Crippen LogP contribution is 2.17. The summed E-state index contributed by atoms with van der Waals surface area (Å²) in [6.45, 7) is 0.476. The molecule has 0 aliphatic rings. The van der Waals surface area contributed by atoms with Gasteiger partial charge in [0.15, 0.2) is 0 Å². The molecule has 0 spiro atoms. The van der Waals surface area contributed by atoms with Crippen LogP contribution in [-0.2, 0) is 6.54 Å². The van der Waals surface area contributed by atoms with Crippen molar-refractivity contribution in [3.63, 3.8) is 0 Å². The summed E-state index contributed by atoms with van der Waals surface area (Å²) in [7, 11) is 1.61. The number of para-hydroxylation sites is 1. The van der Waals surface area contributed by atoms with E-state index in [4.69, 9.17) is 10.5 Å². The monoisotopic (exact) mass is 232 g/mol. The lowest BCUT2D eigenvalue weighted by Gasteiger charge is -2.07. The van der Waals surface area contributed by atoms with E-state index in [9.17, 15) is 4.79 Å². The molecule has 2 aromatic rings. The third-order valence-corrected chi connectivity index (χ3v) is 2.28. The SMILES string of the molecule is COc1ccccc1Cn1cnc(C(N)=O)n1. The van der Waals surface area contributed by atoms with Gasteiger partial charge in [-0.3, -0.25) is 4.79 Å². The van der Waals surface area contributed by atoms with Crippen LogP contribution in [0.5, 0.6) is 5.75 Å². The number of carbonyl (C=O) groups excluding carboxylic acids is 1.